The van der Waals surface area contributed by atoms with E-state index in [2.05, 4.69) is 37.3 Å². The molecule has 120 valence electrons. The molecule has 0 heterocycles. The Balaban J connectivity index is 2.58. The highest BCUT2D eigenvalue weighted by Gasteiger charge is 2.28. The monoisotopic (exact) mass is 307 g/mol. The van der Waals surface area contributed by atoms with Gasteiger partial charge in [0.2, 0.25) is 0 Å². The van der Waals surface area contributed by atoms with E-state index < -0.39 is 12.0 Å². The number of benzene rings is 2. The number of nitrogens with zero attached hydrogens (tertiary/aromatic N) is 1. The number of nitriles is 1. The summed E-state index contributed by atoms with van der Waals surface area (Å²) in [6.07, 6.45) is -0.819. The minimum atomic E-state index is -0.819. The highest BCUT2D eigenvalue weighted by atomic mass is 16.3. The first-order valence-corrected chi connectivity index (χ1v) is 7.99. The molecule has 1 N–H and O–H groups in total. The van der Waals surface area contributed by atoms with Crippen LogP contribution < -0.4 is 0 Å². The maximum absolute atomic E-state index is 11.0. The van der Waals surface area contributed by atoms with Crippen LogP contribution in [-0.2, 0) is 0 Å². The lowest BCUT2D eigenvalue weighted by molar-refractivity contribution is 0.162. The van der Waals surface area contributed by atoms with Crippen molar-refractivity contribution in [2.45, 2.75) is 53.6 Å². The van der Waals surface area contributed by atoms with E-state index in [1.165, 1.54) is 11.1 Å². The van der Waals surface area contributed by atoms with Crippen molar-refractivity contribution in [3.63, 3.8) is 0 Å². The van der Waals surface area contributed by atoms with Crippen LogP contribution in [0.2, 0.25) is 0 Å². The average molecular weight is 307 g/mol. The number of hydrogen-bond acceptors (Lipinski definition) is 2. The van der Waals surface area contributed by atoms with Crippen LogP contribution >= 0.6 is 0 Å². The summed E-state index contributed by atoms with van der Waals surface area (Å²) in [7, 11) is 0. The molecule has 0 amide bonds. The van der Waals surface area contributed by atoms with Gasteiger partial charge in [0.1, 0.15) is 5.92 Å². The van der Waals surface area contributed by atoms with Crippen molar-refractivity contribution >= 4 is 0 Å². The van der Waals surface area contributed by atoms with Gasteiger partial charge in [0.05, 0.1) is 12.2 Å². The van der Waals surface area contributed by atoms with Crippen molar-refractivity contribution in [1.29, 1.82) is 5.26 Å². The molecule has 0 saturated heterocycles. The van der Waals surface area contributed by atoms with Crippen LogP contribution in [0.4, 0.5) is 0 Å². The van der Waals surface area contributed by atoms with E-state index in [1.807, 2.05) is 34.6 Å². The first-order chi connectivity index (χ1) is 10.8. The van der Waals surface area contributed by atoms with Crippen LogP contribution in [0, 0.1) is 52.9 Å². The predicted molar refractivity (Wildman–Crippen MR) is 94.6 cm³/mol. The van der Waals surface area contributed by atoms with E-state index in [9.17, 15) is 10.4 Å². The Morgan fingerprint density at radius 2 is 1.09 bits per heavy atom. The fourth-order valence-electron chi connectivity index (χ4n) is 3.80. The molecule has 2 aromatic carbocycles. The Labute approximate surface area is 139 Å². The summed E-state index contributed by atoms with van der Waals surface area (Å²) < 4.78 is 0. The highest BCUT2D eigenvalue weighted by Crippen LogP contribution is 2.37. The minimum Gasteiger partial charge on any atom is -0.387 e. The van der Waals surface area contributed by atoms with E-state index in [0.29, 0.717) is 0 Å². The lowest BCUT2D eigenvalue weighted by Crippen LogP contribution is -2.15. The van der Waals surface area contributed by atoms with Gasteiger partial charge in [-0.1, -0.05) is 35.4 Å². The summed E-state index contributed by atoms with van der Waals surface area (Å²) in [6.45, 7) is 12.1. The normalized spacial score (nSPS) is 13.5. The molecular weight excluding hydrogens is 282 g/mol. The Bertz CT molecular complexity index is 737. The molecule has 0 spiro atoms. The molecule has 0 aromatic heterocycles. The zero-order chi connectivity index (χ0) is 17.3. The summed E-state index contributed by atoms with van der Waals surface area (Å²) in [6, 6.07) is 10.6. The topological polar surface area (TPSA) is 44.0 Å². The number of rotatable bonds is 3. The van der Waals surface area contributed by atoms with Crippen molar-refractivity contribution in [3.05, 3.63) is 68.8 Å². The molecular formula is C21H25NO. The average Bonchev–Trinajstić information content (AvgIpc) is 2.41. The molecule has 0 saturated carbocycles. The molecule has 0 unspecified atom stereocenters. The second-order valence-electron chi connectivity index (χ2n) is 6.68. The maximum Gasteiger partial charge on any atom is 0.102 e. The Hall–Kier alpha value is -2.11. The molecule has 23 heavy (non-hydrogen) atoms. The van der Waals surface area contributed by atoms with Crippen LogP contribution in [0.15, 0.2) is 24.3 Å². The molecule has 2 rings (SSSR count). The summed E-state index contributed by atoms with van der Waals surface area (Å²) in [5.41, 5.74) is 8.39. The van der Waals surface area contributed by atoms with E-state index >= 15 is 0 Å². The van der Waals surface area contributed by atoms with Gasteiger partial charge in [0.25, 0.3) is 0 Å². The Kier molecular flexibility index (Phi) is 4.92. The van der Waals surface area contributed by atoms with Crippen molar-refractivity contribution < 1.29 is 5.11 Å². The van der Waals surface area contributed by atoms with Gasteiger partial charge in [-0.3, -0.25) is 0 Å². The van der Waals surface area contributed by atoms with Crippen molar-refractivity contribution in [3.8, 4) is 6.07 Å². The van der Waals surface area contributed by atoms with E-state index in [0.717, 1.165) is 33.4 Å². The number of aliphatic hydroxyl groups excluding tert-OH is 1. The fraction of sp³-hybridized carbons (Fsp3) is 0.381. The van der Waals surface area contributed by atoms with Crippen LogP contribution in [0.3, 0.4) is 0 Å². The van der Waals surface area contributed by atoms with Gasteiger partial charge in [0.15, 0.2) is 0 Å². The van der Waals surface area contributed by atoms with Gasteiger partial charge in [-0.2, -0.15) is 5.26 Å². The van der Waals surface area contributed by atoms with Gasteiger partial charge < -0.3 is 5.11 Å². The molecule has 2 nitrogen and oxygen atoms in total. The zero-order valence-electron chi connectivity index (χ0n) is 14.9. The maximum atomic E-state index is 11.0. The third kappa shape index (κ3) is 3.30. The summed E-state index contributed by atoms with van der Waals surface area (Å²) >= 11 is 0. The molecule has 0 radical (unpaired) electrons. The lowest BCUT2D eigenvalue weighted by Gasteiger charge is -2.24. The lowest BCUT2D eigenvalue weighted by atomic mass is 9.82. The first kappa shape index (κ1) is 17.2. The molecule has 0 aliphatic carbocycles. The second-order valence-corrected chi connectivity index (χ2v) is 6.68. The zero-order valence-corrected chi connectivity index (χ0v) is 14.9. The molecule has 0 fully saturated rings. The SMILES string of the molecule is Cc1cc(C)c([C@@H](O)[C@H](C#N)c2c(C)cc(C)cc2C)c(C)c1. The van der Waals surface area contributed by atoms with Gasteiger partial charge in [-0.25, -0.2) is 0 Å². The summed E-state index contributed by atoms with van der Waals surface area (Å²) in [5.74, 6) is -0.560. The first-order valence-electron chi connectivity index (χ1n) is 7.99. The van der Waals surface area contributed by atoms with Crippen LogP contribution in [0.25, 0.3) is 0 Å². The second kappa shape index (κ2) is 6.56. The third-order valence-corrected chi connectivity index (χ3v) is 4.54. The number of aliphatic hydroxyl groups is 1. The van der Waals surface area contributed by atoms with Gasteiger partial charge in [0, 0.05) is 0 Å². The van der Waals surface area contributed by atoms with Gasteiger partial charge in [-0.15, -0.1) is 0 Å². The van der Waals surface area contributed by atoms with Crippen molar-refractivity contribution in [2.75, 3.05) is 0 Å². The third-order valence-electron chi connectivity index (χ3n) is 4.54. The predicted octanol–water partition coefficient (Wildman–Crippen LogP) is 4.88. The standard InChI is InChI=1S/C21H25NO/c1-12-7-14(3)19(15(4)8-12)18(11-22)21(23)20-16(5)9-13(2)10-17(20)6/h7-10,18,21,23H,1-6H3/t18-,21+/m1/s1. The fourth-order valence-corrected chi connectivity index (χ4v) is 3.80. The number of hydrogen-bond donors (Lipinski definition) is 1. The molecule has 2 atom stereocenters. The number of aryl methyl sites for hydroxylation is 6. The van der Waals surface area contributed by atoms with Crippen LogP contribution in [0.5, 0.6) is 0 Å². The minimum absolute atomic E-state index is 0.560. The van der Waals surface area contributed by atoms with Crippen LogP contribution in [-0.4, -0.2) is 5.11 Å². The molecule has 0 aliphatic rings. The highest BCUT2D eigenvalue weighted by molar-refractivity contribution is 5.47. The van der Waals surface area contributed by atoms with Gasteiger partial charge >= 0.3 is 0 Å². The Morgan fingerprint density at radius 1 is 0.739 bits per heavy atom. The quantitative estimate of drug-likeness (QED) is 0.878. The summed E-state index contributed by atoms with van der Waals surface area (Å²) in [4.78, 5) is 0. The largest absolute Gasteiger partial charge is 0.387 e. The summed E-state index contributed by atoms with van der Waals surface area (Å²) in [5, 5.41) is 20.7. The van der Waals surface area contributed by atoms with Crippen LogP contribution in [0.1, 0.15) is 56.5 Å². The molecule has 0 aliphatic heterocycles. The smallest absolute Gasteiger partial charge is 0.102 e. The van der Waals surface area contributed by atoms with Gasteiger partial charge in [-0.05, 0) is 74.9 Å². The van der Waals surface area contributed by atoms with Crippen molar-refractivity contribution in [2.24, 2.45) is 0 Å². The van der Waals surface area contributed by atoms with E-state index in [-0.39, 0.29) is 0 Å². The molecule has 0 bridgehead atoms. The van der Waals surface area contributed by atoms with E-state index in [4.69, 9.17) is 0 Å². The molecule has 2 aromatic rings. The molecule has 2 heteroatoms. The Morgan fingerprint density at radius 3 is 1.43 bits per heavy atom. The van der Waals surface area contributed by atoms with Crippen molar-refractivity contribution in [1.82, 2.24) is 0 Å². The van der Waals surface area contributed by atoms with E-state index in [1.54, 1.807) is 0 Å².